The van der Waals surface area contributed by atoms with Crippen LogP contribution in [0.15, 0.2) is 10.7 Å². The predicted octanol–water partition coefficient (Wildman–Crippen LogP) is 1.35. The fourth-order valence-corrected chi connectivity index (χ4v) is 2.29. The quantitative estimate of drug-likeness (QED) is 0.582. The summed E-state index contributed by atoms with van der Waals surface area (Å²) in [5, 5.41) is 8.36. The fourth-order valence-electron chi connectivity index (χ4n) is 1.30. The van der Waals surface area contributed by atoms with Gasteiger partial charge in [0.2, 0.25) is 5.78 Å². The molecule has 6 nitrogen and oxygen atoms in total. The Bertz CT molecular complexity index is 414. The molecule has 1 aliphatic rings. The highest BCUT2D eigenvalue weighted by atomic mass is 32.2. The van der Waals surface area contributed by atoms with Gasteiger partial charge in [-0.05, 0) is 12.8 Å². The van der Waals surface area contributed by atoms with Crippen LogP contribution in [0, 0.1) is 0 Å². The molecule has 1 heterocycles. The van der Waals surface area contributed by atoms with Crippen LogP contribution in [0.2, 0.25) is 0 Å². The summed E-state index contributed by atoms with van der Waals surface area (Å²) in [6, 6.07) is 0. The van der Waals surface area contributed by atoms with E-state index in [1.807, 2.05) is 13.8 Å². The number of hydrogen-bond donors (Lipinski definition) is 1. The third-order valence-electron chi connectivity index (χ3n) is 2.21. The highest BCUT2D eigenvalue weighted by molar-refractivity contribution is 8.06. The number of esters is 2. The third kappa shape index (κ3) is 3.73. The average Bonchev–Trinajstić information content (AvgIpc) is 2.70. The summed E-state index contributed by atoms with van der Waals surface area (Å²) in [5.74, 6) is -3.07. The van der Waals surface area contributed by atoms with Gasteiger partial charge in [0.25, 0.3) is 0 Å². The lowest BCUT2D eigenvalue weighted by atomic mass is 10.2. The van der Waals surface area contributed by atoms with Gasteiger partial charge in [0, 0.05) is 0 Å². The Balaban J connectivity index is 2.69. The molecule has 0 fully saturated rings. The second kappa shape index (κ2) is 7.18. The van der Waals surface area contributed by atoms with Crippen LogP contribution < -0.4 is 0 Å². The third-order valence-corrected chi connectivity index (χ3v) is 3.45. The van der Waals surface area contributed by atoms with E-state index in [9.17, 15) is 19.5 Å². The minimum atomic E-state index is -1.21. The number of aliphatic hydroxyl groups excluding tert-OH is 1. The molecule has 0 radical (unpaired) electrons. The number of ketones is 1. The number of rotatable bonds is 6. The van der Waals surface area contributed by atoms with Crippen molar-refractivity contribution in [1.82, 2.24) is 0 Å². The van der Waals surface area contributed by atoms with Crippen LogP contribution >= 0.6 is 11.8 Å². The van der Waals surface area contributed by atoms with E-state index in [1.54, 1.807) is 0 Å². The highest BCUT2D eigenvalue weighted by Gasteiger charge is 2.43. The lowest BCUT2D eigenvalue weighted by Gasteiger charge is -2.07. The number of thioether (sulfide) groups is 1. The van der Waals surface area contributed by atoms with Gasteiger partial charge < -0.3 is 14.6 Å². The van der Waals surface area contributed by atoms with E-state index in [0.29, 0.717) is 24.6 Å². The van der Waals surface area contributed by atoms with Crippen LogP contribution in [-0.2, 0) is 23.9 Å². The number of carbonyl (C=O) groups is 3. The number of aliphatic hydroxyl groups is 1. The second-order valence-electron chi connectivity index (χ2n) is 3.84. The van der Waals surface area contributed by atoms with Crippen molar-refractivity contribution in [3.63, 3.8) is 0 Å². The van der Waals surface area contributed by atoms with Crippen molar-refractivity contribution in [2.75, 3.05) is 13.2 Å². The molecular weight excluding hydrogens is 272 g/mol. The van der Waals surface area contributed by atoms with Gasteiger partial charge in [0.1, 0.15) is 4.91 Å². The van der Waals surface area contributed by atoms with Gasteiger partial charge in [0.05, 0.1) is 13.2 Å². The monoisotopic (exact) mass is 288 g/mol. The maximum Gasteiger partial charge on any atom is 0.348 e. The largest absolute Gasteiger partial charge is 0.503 e. The standard InChI is InChI=1S/C12H16O6S/c1-3-5-17-11(15)9-7(13)8(14)10(19-9)12(16)18-6-4-2/h9,14H,3-6H2,1-2H3. The maximum absolute atomic E-state index is 11.7. The first-order valence-electron chi connectivity index (χ1n) is 6.00. The fraction of sp³-hybridized carbons (Fsp3) is 0.583. The van der Waals surface area contributed by atoms with Gasteiger partial charge >= 0.3 is 11.9 Å². The van der Waals surface area contributed by atoms with Crippen LogP contribution in [0.1, 0.15) is 26.7 Å². The Morgan fingerprint density at radius 1 is 1.21 bits per heavy atom. The molecule has 0 aromatic rings. The van der Waals surface area contributed by atoms with Crippen molar-refractivity contribution in [2.24, 2.45) is 0 Å². The molecule has 0 aromatic heterocycles. The van der Waals surface area contributed by atoms with Gasteiger partial charge in [-0.3, -0.25) is 9.59 Å². The SMILES string of the molecule is CCCOC(=O)C1=C(O)C(=O)C(C(=O)OCCC)S1. The molecule has 0 aliphatic carbocycles. The van der Waals surface area contributed by atoms with E-state index in [-0.39, 0.29) is 18.1 Å². The minimum absolute atomic E-state index is 0.190. The van der Waals surface area contributed by atoms with Gasteiger partial charge in [-0.25, -0.2) is 4.79 Å². The van der Waals surface area contributed by atoms with E-state index < -0.39 is 28.7 Å². The molecular formula is C12H16O6S. The van der Waals surface area contributed by atoms with Crippen LogP contribution in [0.3, 0.4) is 0 Å². The van der Waals surface area contributed by atoms with Gasteiger partial charge in [0.15, 0.2) is 11.0 Å². The topological polar surface area (TPSA) is 89.9 Å². The Morgan fingerprint density at radius 3 is 2.37 bits per heavy atom. The van der Waals surface area contributed by atoms with Gasteiger partial charge in [-0.1, -0.05) is 25.6 Å². The molecule has 0 bridgehead atoms. The normalized spacial score (nSPS) is 18.6. The van der Waals surface area contributed by atoms with E-state index in [0.717, 1.165) is 0 Å². The molecule has 0 amide bonds. The summed E-state index contributed by atoms with van der Waals surface area (Å²) in [6.07, 6.45) is 1.25. The molecule has 19 heavy (non-hydrogen) atoms. The first kappa shape index (κ1) is 15.6. The Kier molecular flexibility index (Phi) is 5.88. The lowest BCUT2D eigenvalue weighted by Crippen LogP contribution is -2.26. The number of carbonyl (C=O) groups excluding carboxylic acids is 3. The number of allylic oxidation sites excluding steroid dienone is 1. The van der Waals surface area contributed by atoms with E-state index in [2.05, 4.69) is 0 Å². The second-order valence-corrected chi connectivity index (χ2v) is 4.96. The van der Waals surface area contributed by atoms with Gasteiger partial charge in [-0.15, -0.1) is 0 Å². The first-order valence-corrected chi connectivity index (χ1v) is 6.88. The molecule has 1 atom stereocenters. The van der Waals surface area contributed by atoms with E-state index in [4.69, 9.17) is 9.47 Å². The van der Waals surface area contributed by atoms with Crippen molar-refractivity contribution in [3.8, 4) is 0 Å². The zero-order valence-corrected chi connectivity index (χ0v) is 11.6. The van der Waals surface area contributed by atoms with E-state index in [1.165, 1.54) is 0 Å². The maximum atomic E-state index is 11.7. The van der Waals surface area contributed by atoms with Crippen molar-refractivity contribution in [2.45, 2.75) is 31.9 Å². The Labute approximate surface area is 115 Å². The highest BCUT2D eigenvalue weighted by Crippen LogP contribution is 2.35. The number of ether oxygens (including phenoxy) is 2. The zero-order chi connectivity index (χ0) is 14.4. The molecule has 0 aromatic carbocycles. The molecule has 1 rings (SSSR count). The van der Waals surface area contributed by atoms with E-state index >= 15 is 0 Å². The summed E-state index contributed by atoms with van der Waals surface area (Å²) in [5.41, 5.74) is 0. The van der Waals surface area contributed by atoms with Gasteiger partial charge in [-0.2, -0.15) is 0 Å². The number of Topliss-reactive ketones (excluding diaryl/α,β-unsaturated/α-hetero) is 1. The summed E-state index contributed by atoms with van der Waals surface area (Å²) in [7, 11) is 0. The van der Waals surface area contributed by atoms with Crippen LogP contribution in [0.25, 0.3) is 0 Å². The zero-order valence-electron chi connectivity index (χ0n) is 10.8. The molecule has 106 valence electrons. The molecule has 1 aliphatic heterocycles. The van der Waals surface area contributed by atoms with Crippen molar-refractivity contribution in [3.05, 3.63) is 10.7 Å². The predicted molar refractivity (Wildman–Crippen MR) is 68.5 cm³/mol. The van der Waals surface area contributed by atoms with Crippen molar-refractivity contribution >= 4 is 29.5 Å². The number of hydrogen-bond acceptors (Lipinski definition) is 7. The Hall–Kier alpha value is -1.50. The summed E-state index contributed by atoms with van der Waals surface area (Å²) in [4.78, 5) is 34.6. The van der Waals surface area contributed by atoms with Crippen molar-refractivity contribution in [1.29, 1.82) is 0 Å². The van der Waals surface area contributed by atoms with Crippen LogP contribution in [0.5, 0.6) is 0 Å². The average molecular weight is 288 g/mol. The minimum Gasteiger partial charge on any atom is -0.503 e. The molecule has 0 saturated carbocycles. The first-order chi connectivity index (χ1) is 9.02. The summed E-state index contributed by atoms with van der Waals surface area (Å²) >= 11 is 0.675. The lowest BCUT2D eigenvalue weighted by molar-refractivity contribution is -0.145. The molecule has 1 unspecified atom stereocenters. The van der Waals surface area contributed by atoms with Crippen LogP contribution in [0.4, 0.5) is 0 Å². The molecule has 7 heteroatoms. The molecule has 0 spiro atoms. The summed E-state index contributed by atoms with van der Waals surface area (Å²) in [6.45, 7) is 4.02. The van der Waals surface area contributed by atoms with Crippen molar-refractivity contribution < 1.29 is 29.0 Å². The smallest absolute Gasteiger partial charge is 0.348 e. The summed E-state index contributed by atoms with van der Waals surface area (Å²) < 4.78 is 9.65. The molecule has 1 N–H and O–H groups in total. The van der Waals surface area contributed by atoms with Crippen LogP contribution in [-0.4, -0.2) is 41.3 Å². The molecule has 0 saturated heterocycles. The Morgan fingerprint density at radius 2 is 1.79 bits per heavy atom.